The Hall–Kier alpha value is -2.48. The molecule has 1 aromatic heterocycles. The third-order valence-electron chi connectivity index (χ3n) is 4.28. The fraction of sp³-hybridized carbons (Fsp3) is 0.529. The van der Waals surface area contributed by atoms with Crippen LogP contribution < -0.4 is 4.74 Å². The van der Waals surface area contributed by atoms with Gasteiger partial charge < -0.3 is 14.4 Å². The van der Waals surface area contributed by atoms with Crippen LogP contribution in [-0.2, 0) is 9.53 Å². The lowest BCUT2D eigenvalue weighted by molar-refractivity contribution is -0.132. The molecule has 1 atom stereocenters. The Labute approximate surface area is 146 Å². The van der Waals surface area contributed by atoms with Gasteiger partial charge in [-0.1, -0.05) is 6.07 Å². The van der Waals surface area contributed by atoms with E-state index >= 15 is 0 Å². The molecular weight excluding hydrogens is 322 g/mol. The molecule has 134 valence electrons. The first kappa shape index (κ1) is 17.3. The van der Waals surface area contributed by atoms with Crippen molar-refractivity contribution >= 4 is 5.91 Å². The number of hydrogen-bond donors (Lipinski definition) is 0. The molecular formula is C17H23N5O3. The molecule has 0 spiro atoms. The highest BCUT2D eigenvalue weighted by Crippen LogP contribution is 2.17. The molecule has 8 heteroatoms. The summed E-state index contributed by atoms with van der Waals surface area (Å²) in [5, 5.41) is 11.0. The minimum atomic E-state index is -0.0522. The van der Waals surface area contributed by atoms with E-state index in [1.807, 2.05) is 12.1 Å². The van der Waals surface area contributed by atoms with E-state index in [4.69, 9.17) is 9.47 Å². The Morgan fingerprint density at radius 1 is 1.44 bits per heavy atom. The number of benzene rings is 1. The second-order valence-corrected chi connectivity index (χ2v) is 6.13. The van der Waals surface area contributed by atoms with Crippen molar-refractivity contribution in [2.75, 3.05) is 26.8 Å². The summed E-state index contributed by atoms with van der Waals surface area (Å²) in [6.45, 7) is 1.52. The monoisotopic (exact) mass is 345 g/mol. The van der Waals surface area contributed by atoms with Gasteiger partial charge in [0.15, 0.2) is 6.61 Å². The van der Waals surface area contributed by atoms with Crippen molar-refractivity contribution in [1.29, 1.82) is 0 Å². The highest BCUT2D eigenvalue weighted by molar-refractivity contribution is 5.77. The summed E-state index contributed by atoms with van der Waals surface area (Å²) < 4.78 is 12.8. The number of rotatable bonds is 7. The maximum absolute atomic E-state index is 12.2. The normalized spacial score (nSPS) is 17.2. The van der Waals surface area contributed by atoms with Crippen LogP contribution in [0.25, 0.3) is 5.69 Å². The summed E-state index contributed by atoms with van der Waals surface area (Å²) >= 11 is 0. The van der Waals surface area contributed by atoms with E-state index in [0.29, 0.717) is 12.3 Å². The lowest BCUT2D eigenvalue weighted by Crippen LogP contribution is -2.34. The van der Waals surface area contributed by atoms with Gasteiger partial charge in [-0.25, -0.2) is 4.68 Å². The molecule has 1 saturated heterocycles. The van der Waals surface area contributed by atoms with Crippen molar-refractivity contribution in [1.82, 2.24) is 25.1 Å². The summed E-state index contributed by atoms with van der Waals surface area (Å²) in [7, 11) is 1.80. The minimum Gasteiger partial charge on any atom is -0.484 e. The molecule has 1 aliphatic heterocycles. The van der Waals surface area contributed by atoms with Crippen LogP contribution in [-0.4, -0.2) is 63.9 Å². The first-order chi connectivity index (χ1) is 12.2. The lowest BCUT2D eigenvalue weighted by atomic mass is 10.1. The van der Waals surface area contributed by atoms with Crippen molar-refractivity contribution in [3.8, 4) is 11.4 Å². The van der Waals surface area contributed by atoms with E-state index in [0.717, 1.165) is 31.6 Å². The van der Waals surface area contributed by atoms with Crippen molar-refractivity contribution in [2.45, 2.75) is 31.8 Å². The fourth-order valence-corrected chi connectivity index (χ4v) is 2.75. The number of hydrogen-bond acceptors (Lipinski definition) is 6. The maximum Gasteiger partial charge on any atom is 0.260 e. The third kappa shape index (κ3) is 4.99. The maximum atomic E-state index is 12.2. The zero-order valence-electron chi connectivity index (χ0n) is 14.4. The van der Waals surface area contributed by atoms with Crippen LogP contribution in [0.15, 0.2) is 30.6 Å². The van der Waals surface area contributed by atoms with Crippen LogP contribution in [0, 0.1) is 0 Å². The molecule has 0 N–H and O–H groups in total. The van der Waals surface area contributed by atoms with Crippen LogP contribution in [0.1, 0.15) is 25.7 Å². The summed E-state index contributed by atoms with van der Waals surface area (Å²) in [6, 6.07) is 7.29. The summed E-state index contributed by atoms with van der Waals surface area (Å²) in [6.07, 6.45) is 6.09. The predicted molar refractivity (Wildman–Crippen MR) is 90.5 cm³/mol. The fourth-order valence-electron chi connectivity index (χ4n) is 2.75. The van der Waals surface area contributed by atoms with Crippen molar-refractivity contribution in [3.05, 3.63) is 30.6 Å². The largest absolute Gasteiger partial charge is 0.484 e. The zero-order chi connectivity index (χ0) is 17.5. The van der Waals surface area contributed by atoms with Gasteiger partial charge in [-0.05, 0) is 48.2 Å². The molecule has 0 radical (unpaired) electrons. The van der Waals surface area contributed by atoms with Gasteiger partial charge in [0.1, 0.15) is 12.1 Å². The van der Waals surface area contributed by atoms with Gasteiger partial charge in [-0.15, -0.1) is 5.10 Å². The van der Waals surface area contributed by atoms with Crippen molar-refractivity contribution in [2.24, 2.45) is 0 Å². The summed E-state index contributed by atoms with van der Waals surface area (Å²) in [5.74, 6) is 0.550. The van der Waals surface area contributed by atoms with Crippen molar-refractivity contribution < 1.29 is 14.3 Å². The van der Waals surface area contributed by atoms with Crippen LogP contribution in [0.5, 0.6) is 5.75 Å². The van der Waals surface area contributed by atoms with Gasteiger partial charge in [0.25, 0.3) is 5.91 Å². The first-order valence-electron chi connectivity index (χ1n) is 8.54. The van der Waals surface area contributed by atoms with Gasteiger partial charge in [0.05, 0.1) is 11.8 Å². The molecule has 1 fully saturated rings. The van der Waals surface area contributed by atoms with E-state index in [9.17, 15) is 4.79 Å². The molecule has 2 heterocycles. The van der Waals surface area contributed by atoms with E-state index in [1.165, 1.54) is 17.4 Å². The van der Waals surface area contributed by atoms with Gasteiger partial charge in [-0.3, -0.25) is 4.79 Å². The molecule has 0 saturated carbocycles. The van der Waals surface area contributed by atoms with E-state index < -0.39 is 0 Å². The standard InChI is InChI=1S/C17H23N5O3/c1-21(9-8-15-6-2-3-10-24-15)17(23)12-25-16-7-4-5-14(11-16)22-13-18-19-20-22/h4-5,7,11,13,15H,2-3,6,8-10,12H2,1H3. The SMILES string of the molecule is CN(CCC1CCCCO1)C(=O)COc1cccc(-n2cnnn2)c1. The average Bonchev–Trinajstić information content (AvgIpc) is 3.20. The smallest absolute Gasteiger partial charge is 0.260 e. The Morgan fingerprint density at radius 3 is 3.12 bits per heavy atom. The van der Waals surface area contributed by atoms with E-state index in [-0.39, 0.29) is 18.6 Å². The van der Waals surface area contributed by atoms with Crippen LogP contribution in [0.2, 0.25) is 0 Å². The van der Waals surface area contributed by atoms with Crippen LogP contribution >= 0.6 is 0 Å². The number of carbonyl (C=O) groups excluding carboxylic acids is 1. The Kier molecular flexibility index (Phi) is 5.95. The Balaban J connectivity index is 1.46. The average molecular weight is 345 g/mol. The van der Waals surface area contributed by atoms with Crippen LogP contribution in [0.3, 0.4) is 0 Å². The quantitative estimate of drug-likeness (QED) is 0.755. The molecule has 2 aromatic rings. The Morgan fingerprint density at radius 2 is 2.36 bits per heavy atom. The molecule has 0 bridgehead atoms. The van der Waals surface area contributed by atoms with Gasteiger partial charge in [-0.2, -0.15) is 0 Å². The second-order valence-electron chi connectivity index (χ2n) is 6.13. The molecule has 25 heavy (non-hydrogen) atoms. The van der Waals surface area contributed by atoms with Gasteiger partial charge >= 0.3 is 0 Å². The number of carbonyl (C=O) groups is 1. The number of nitrogens with zero attached hydrogens (tertiary/aromatic N) is 5. The topological polar surface area (TPSA) is 82.4 Å². The molecule has 1 aliphatic rings. The molecule has 3 rings (SSSR count). The van der Waals surface area contributed by atoms with Gasteiger partial charge in [0.2, 0.25) is 0 Å². The first-order valence-corrected chi connectivity index (χ1v) is 8.54. The number of likely N-dealkylation sites (N-methyl/N-ethyl adjacent to an activating group) is 1. The van der Waals surface area contributed by atoms with Gasteiger partial charge in [0, 0.05) is 26.3 Å². The van der Waals surface area contributed by atoms with Crippen molar-refractivity contribution in [3.63, 3.8) is 0 Å². The molecule has 1 unspecified atom stereocenters. The molecule has 1 aromatic carbocycles. The Bertz CT molecular complexity index is 671. The molecule has 1 amide bonds. The lowest BCUT2D eigenvalue weighted by Gasteiger charge is -2.25. The predicted octanol–water partition coefficient (Wildman–Crippen LogP) is 1.46. The third-order valence-corrected chi connectivity index (χ3v) is 4.28. The minimum absolute atomic E-state index is 0.00108. The number of tetrazole rings is 1. The molecule has 8 nitrogen and oxygen atoms in total. The van der Waals surface area contributed by atoms with E-state index in [1.54, 1.807) is 24.1 Å². The zero-order valence-corrected chi connectivity index (χ0v) is 14.4. The molecule has 0 aliphatic carbocycles. The number of amides is 1. The van der Waals surface area contributed by atoms with Crippen LogP contribution in [0.4, 0.5) is 0 Å². The number of aromatic nitrogens is 4. The summed E-state index contributed by atoms with van der Waals surface area (Å²) in [5.41, 5.74) is 0.776. The highest BCUT2D eigenvalue weighted by atomic mass is 16.5. The highest BCUT2D eigenvalue weighted by Gasteiger charge is 2.16. The number of ether oxygens (including phenoxy) is 2. The summed E-state index contributed by atoms with van der Waals surface area (Å²) in [4.78, 5) is 13.9. The van der Waals surface area contributed by atoms with E-state index in [2.05, 4.69) is 15.5 Å². The second kappa shape index (κ2) is 8.57.